The summed E-state index contributed by atoms with van der Waals surface area (Å²) < 4.78 is 4.54. The molecule has 1 aromatic rings. The van der Waals surface area contributed by atoms with Crippen LogP contribution in [0.5, 0.6) is 0 Å². The van der Waals surface area contributed by atoms with Crippen LogP contribution in [0, 0.1) is 0 Å². The number of ether oxygens (including phenoxy) is 1. The van der Waals surface area contributed by atoms with Gasteiger partial charge in [0.15, 0.2) is 0 Å². The van der Waals surface area contributed by atoms with Crippen LogP contribution in [0.4, 0.5) is 5.69 Å². The molecule has 0 atom stereocenters. The van der Waals surface area contributed by atoms with Gasteiger partial charge in [-0.15, -0.1) is 0 Å². The number of anilines is 1. The van der Waals surface area contributed by atoms with Gasteiger partial charge in [0.1, 0.15) is 0 Å². The fourth-order valence-electron chi connectivity index (χ4n) is 1.54. The molecule has 0 radical (unpaired) electrons. The average Bonchev–Trinajstić information content (AvgIpc) is 2.37. The Hall–Kier alpha value is -1.30. The first-order valence-electron chi connectivity index (χ1n) is 5.70. The second-order valence-corrected chi connectivity index (χ2v) is 4.20. The fraction of sp³-hybridized carbons (Fsp3) is 0.286. The molecule has 0 aromatic heterocycles. The normalized spacial score (nSPS) is 10.4. The number of benzene rings is 1. The first-order chi connectivity index (χ1) is 8.93. The Morgan fingerprint density at radius 2 is 1.80 bits per heavy atom. The Kier molecular flexibility index (Phi) is 8.22. The number of carbonyl (C=O) groups is 2. The van der Waals surface area contributed by atoms with Gasteiger partial charge in [-0.25, -0.2) is 4.79 Å². The van der Waals surface area contributed by atoms with Gasteiger partial charge in [0, 0.05) is 37.7 Å². The van der Waals surface area contributed by atoms with Crippen LogP contribution in [0.1, 0.15) is 12.0 Å². The summed E-state index contributed by atoms with van der Waals surface area (Å²) in [6.45, 7) is 0. The summed E-state index contributed by atoms with van der Waals surface area (Å²) in [6.07, 6.45) is 1.02. The predicted octanol–water partition coefficient (Wildman–Crippen LogP) is -2.55. The van der Waals surface area contributed by atoms with E-state index in [2.05, 4.69) is 4.74 Å². The predicted molar refractivity (Wildman–Crippen MR) is 70.4 cm³/mol. The second kappa shape index (κ2) is 8.79. The van der Waals surface area contributed by atoms with Crippen molar-refractivity contribution in [1.82, 2.24) is 0 Å². The number of rotatable bonds is 5. The molecule has 1 rings (SSSR count). The first-order valence-corrected chi connectivity index (χ1v) is 5.70. The van der Waals surface area contributed by atoms with Crippen LogP contribution in [0.15, 0.2) is 29.8 Å². The Morgan fingerprint density at radius 1 is 1.25 bits per heavy atom. The van der Waals surface area contributed by atoms with Crippen LogP contribution in [0.25, 0.3) is 6.08 Å². The van der Waals surface area contributed by atoms with E-state index in [1.165, 1.54) is 13.2 Å². The number of methoxy groups -OCH3 is 1. The molecular weight excluding hydrogens is 269 g/mol. The quantitative estimate of drug-likeness (QED) is 0.338. The Morgan fingerprint density at radius 3 is 2.20 bits per heavy atom. The smallest absolute Gasteiger partial charge is 0.550 e. The third kappa shape index (κ3) is 5.77. The van der Waals surface area contributed by atoms with Crippen molar-refractivity contribution in [1.29, 1.82) is 0 Å². The number of carbonyl (C=O) groups excluding carboxylic acids is 2. The molecule has 0 heterocycles. The molecule has 1 aromatic carbocycles. The van der Waals surface area contributed by atoms with E-state index < -0.39 is 18.4 Å². The van der Waals surface area contributed by atoms with Gasteiger partial charge in [0.05, 0.1) is 7.11 Å². The molecule has 0 unspecified atom stereocenters. The van der Waals surface area contributed by atoms with Gasteiger partial charge in [-0.05, 0) is 23.8 Å². The number of carboxylic acid groups (broad SMARTS) is 1. The van der Waals surface area contributed by atoms with Crippen molar-refractivity contribution in [2.24, 2.45) is 0 Å². The van der Waals surface area contributed by atoms with E-state index in [9.17, 15) is 14.7 Å². The third-order valence-corrected chi connectivity index (χ3v) is 2.53. The third-order valence-electron chi connectivity index (χ3n) is 2.53. The molecule has 0 spiro atoms. The van der Waals surface area contributed by atoms with E-state index in [-0.39, 0.29) is 35.1 Å². The largest absolute Gasteiger partial charge is 1.00 e. The molecule has 0 aliphatic carbocycles. The summed E-state index contributed by atoms with van der Waals surface area (Å²) in [4.78, 5) is 24.0. The standard InChI is InChI=1S/C14H17NO4.Na/c1-15(2)12-6-4-10(5-7-12)8-11(9-13(16)17)14(18)19-3;/h4-8H,9H2,1-3H3,(H,16,17);/q;+1/p-1/b11-8+;. The molecule has 0 fully saturated rings. The van der Waals surface area contributed by atoms with Gasteiger partial charge in [0.25, 0.3) is 0 Å². The minimum absolute atomic E-state index is 0. The summed E-state index contributed by atoms with van der Waals surface area (Å²) in [7, 11) is 5.04. The van der Waals surface area contributed by atoms with Gasteiger partial charge in [-0.2, -0.15) is 0 Å². The number of nitrogens with zero attached hydrogens (tertiary/aromatic N) is 1. The molecule has 0 saturated carbocycles. The number of hydrogen-bond acceptors (Lipinski definition) is 5. The van der Waals surface area contributed by atoms with E-state index in [1.807, 2.05) is 31.1 Å². The number of aliphatic carboxylic acids is 1. The zero-order valence-corrected chi connectivity index (χ0v) is 14.2. The molecule has 0 N–H and O–H groups in total. The van der Waals surface area contributed by atoms with Crippen LogP contribution in [-0.4, -0.2) is 33.1 Å². The minimum atomic E-state index is -1.32. The van der Waals surface area contributed by atoms with Crippen molar-refractivity contribution < 1.29 is 49.0 Å². The molecule has 6 heteroatoms. The zero-order valence-electron chi connectivity index (χ0n) is 12.2. The molecule has 0 amide bonds. The first kappa shape index (κ1) is 18.7. The fourth-order valence-corrected chi connectivity index (χ4v) is 1.54. The summed E-state index contributed by atoms with van der Waals surface area (Å²) in [5, 5.41) is 10.6. The summed E-state index contributed by atoms with van der Waals surface area (Å²) in [5.41, 5.74) is 1.80. The molecular formula is C14H16NNaO4. The van der Waals surface area contributed by atoms with E-state index >= 15 is 0 Å². The average molecular weight is 285 g/mol. The van der Waals surface area contributed by atoms with Crippen molar-refractivity contribution in [3.8, 4) is 0 Å². The Balaban J connectivity index is 0.00000361. The molecule has 0 aliphatic heterocycles. The van der Waals surface area contributed by atoms with Crippen LogP contribution in [-0.2, 0) is 14.3 Å². The van der Waals surface area contributed by atoms with Crippen LogP contribution >= 0.6 is 0 Å². The maximum Gasteiger partial charge on any atom is 1.00 e. The van der Waals surface area contributed by atoms with Crippen molar-refractivity contribution in [2.75, 3.05) is 26.1 Å². The number of carboxylic acids is 1. The van der Waals surface area contributed by atoms with Crippen LogP contribution in [0.3, 0.4) is 0 Å². The van der Waals surface area contributed by atoms with E-state index in [1.54, 1.807) is 12.1 Å². The topological polar surface area (TPSA) is 69.7 Å². The van der Waals surface area contributed by atoms with Gasteiger partial charge in [0.2, 0.25) is 0 Å². The van der Waals surface area contributed by atoms with E-state index in [0.717, 1.165) is 11.3 Å². The SMILES string of the molecule is COC(=O)/C(=C/c1ccc(N(C)C)cc1)CC(=O)[O-].[Na+]. The summed E-state index contributed by atoms with van der Waals surface area (Å²) >= 11 is 0. The Bertz CT molecular complexity index is 494. The minimum Gasteiger partial charge on any atom is -0.550 e. The molecule has 0 bridgehead atoms. The van der Waals surface area contributed by atoms with Gasteiger partial charge >= 0.3 is 35.5 Å². The maximum absolute atomic E-state index is 11.4. The Labute approximate surface area is 140 Å². The van der Waals surface area contributed by atoms with Gasteiger partial charge in [-0.3, -0.25) is 0 Å². The van der Waals surface area contributed by atoms with Crippen molar-refractivity contribution >= 4 is 23.7 Å². The van der Waals surface area contributed by atoms with Crippen molar-refractivity contribution in [3.05, 3.63) is 35.4 Å². The summed E-state index contributed by atoms with van der Waals surface area (Å²) in [5.74, 6) is -1.98. The monoisotopic (exact) mass is 285 g/mol. The number of hydrogen-bond donors (Lipinski definition) is 0. The summed E-state index contributed by atoms with van der Waals surface area (Å²) in [6, 6.07) is 7.35. The molecule has 5 nitrogen and oxygen atoms in total. The molecule has 20 heavy (non-hydrogen) atoms. The van der Waals surface area contributed by atoms with Crippen LogP contribution in [0.2, 0.25) is 0 Å². The van der Waals surface area contributed by atoms with E-state index in [0.29, 0.717) is 0 Å². The van der Waals surface area contributed by atoms with Crippen LogP contribution < -0.4 is 39.6 Å². The molecule has 0 saturated heterocycles. The molecule has 102 valence electrons. The van der Waals surface area contributed by atoms with Gasteiger partial charge < -0.3 is 19.5 Å². The van der Waals surface area contributed by atoms with Gasteiger partial charge in [-0.1, -0.05) is 12.1 Å². The maximum atomic E-state index is 11.4. The zero-order chi connectivity index (χ0) is 14.4. The number of esters is 1. The van der Waals surface area contributed by atoms with E-state index in [4.69, 9.17) is 0 Å². The van der Waals surface area contributed by atoms with Crippen molar-refractivity contribution in [3.63, 3.8) is 0 Å². The van der Waals surface area contributed by atoms with Crippen molar-refractivity contribution in [2.45, 2.75) is 6.42 Å². The second-order valence-electron chi connectivity index (χ2n) is 4.20. The molecule has 0 aliphatic rings.